The average molecular weight is 1170 g/mol. The molecule has 6 aromatic rings. The van der Waals surface area contributed by atoms with E-state index in [0.29, 0.717) is 17.7 Å². The van der Waals surface area contributed by atoms with E-state index >= 15 is 0 Å². The van der Waals surface area contributed by atoms with E-state index < -0.39 is 71.1 Å². The maximum atomic E-state index is 14.4. The Balaban J connectivity index is 0.000000185. The summed E-state index contributed by atoms with van der Waals surface area (Å²) in [5.41, 5.74) is -8.30. The minimum atomic E-state index is -5.02. The minimum absolute atomic E-state index is 0.0394. The summed E-state index contributed by atoms with van der Waals surface area (Å²) < 4.78 is 120. The molecule has 16 nitrogen and oxygen atoms in total. The molecule has 0 saturated carbocycles. The number of alkyl halides is 6. The summed E-state index contributed by atoms with van der Waals surface area (Å²) in [4.78, 5) is 24.5. The first-order valence-electron chi connectivity index (χ1n) is 26.2. The van der Waals surface area contributed by atoms with Gasteiger partial charge in [0.2, 0.25) is 11.2 Å². The Bertz CT molecular complexity index is 3310. The normalized spacial score (nSPS) is 19.3. The maximum absolute atomic E-state index is 14.4. The molecule has 4 N–H and O–H groups in total. The van der Waals surface area contributed by atoms with E-state index in [1.165, 1.54) is 67.2 Å². The minimum Gasteiger partial charge on any atom is -0.491 e. The van der Waals surface area contributed by atoms with Gasteiger partial charge in [0, 0.05) is 57.4 Å². The zero-order valence-electron chi connectivity index (χ0n) is 47.3. The van der Waals surface area contributed by atoms with Crippen LogP contribution in [-0.4, -0.2) is 121 Å². The van der Waals surface area contributed by atoms with Crippen LogP contribution < -0.4 is 14.9 Å². The fourth-order valence-corrected chi connectivity index (χ4v) is 9.72. The summed E-state index contributed by atoms with van der Waals surface area (Å²) in [5, 5.41) is 49.3. The monoisotopic (exact) mass is 1170 g/mol. The zero-order valence-corrected chi connectivity index (χ0v) is 48.0. The van der Waals surface area contributed by atoms with Crippen LogP contribution in [0, 0.1) is 0 Å². The SMILES string of the molecule is CCOC(=O)C(C)(C)n1cc(-c2cc(OC[C@H](C)O)cc3c2-c2ccccc2[C@]3(O)C(F)(F)F)cn1.CCOC(=O)C(C)(C)n1cc(B2OC(C)(C)C(C)(C)O2)cn1.C[C@H](O)COc1cc(Cl)c2c(c1)[C@@](O)(C(F)(F)F)c1ccccc1-2. The van der Waals surface area contributed by atoms with Crippen LogP contribution in [0.2, 0.25) is 5.02 Å². The molecule has 0 radical (unpaired) electrons. The molecule has 1 saturated heterocycles. The smallest absolute Gasteiger partial charge is 0.491 e. The largest absolute Gasteiger partial charge is 0.498 e. The van der Waals surface area contributed by atoms with E-state index in [-0.39, 0.29) is 86.8 Å². The summed E-state index contributed by atoms with van der Waals surface area (Å²) in [6, 6.07) is 16.7. The number of rotatable bonds is 14. The summed E-state index contributed by atoms with van der Waals surface area (Å²) in [5.74, 6) is -0.748. The van der Waals surface area contributed by atoms with Crippen molar-refractivity contribution in [1.82, 2.24) is 19.6 Å². The van der Waals surface area contributed by atoms with Crippen molar-refractivity contribution in [2.45, 2.75) is 141 Å². The van der Waals surface area contributed by atoms with Gasteiger partial charge in [-0.1, -0.05) is 60.1 Å². The van der Waals surface area contributed by atoms with E-state index in [0.717, 1.165) is 17.6 Å². The lowest BCUT2D eigenvalue weighted by Crippen LogP contribution is -2.41. The van der Waals surface area contributed by atoms with E-state index in [2.05, 4.69) is 10.2 Å². The first kappa shape index (κ1) is 63.1. The summed E-state index contributed by atoms with van der Waals surface area (Å²) >= 11 is 6.17. The van der Waals surface area contributed by atoms with Crippen molar-refractivity contribution in [3.63, 3.8) is 0 Å². The van der Waals surface area contributed by atoms with Crippen molar-refractivity contribution >= 4 is 36.1 Å². The third-order valence-electron chi connectivity index (χ3n) is 14.6. The topological polar surface area (TPSA) is 206 Å². The maximum Gasteiger partial charge on any atom is 0.498 e. The predicted molar refractivity (Wildman–Crippen MR) is 292 cm³/mol. The molecule has 4 atom stereocenters. The fourth-order valence-electron chi connectivity index (χ4n) is 9.41. The Morgan fingerprint density at radius 1 is 0.634 bits per heavy atom. The third-order valence-corrected chi connectivity index (χ3v) is 14.9. The molecular formula is C58H66BClF6N4O12. The molecule has 1 aliphatic heterocycles. The molecule has 0 bridgehead atoms. The number of aromatic nitrogens is 4. The van der Waals surface area contributed by atoms with Crippen LogP contribution in [0.15, 0.2) is 97.6 Å². The predicted octanol–water partition coefficient (Wildman–Crippen LogP) is 9.75. The van der Waals surface area contributed by atoms with E-state index in [1.54, 1.807) is 83.0 Å². The Labute approximate surface area is 476 Å². The number of carbonyl (C=O) groups is 2. The van der Waals surface area contributed by atoms with Crippen molar-refractivity contribution in [3.05, 3.63) is 125 Å². The molecule has 0 spiro atoms. The zero-order chi connectivity index (χ0) is 60.9. The molecule has 24 heteroatoms. The van der Waals surface area contributed by atoms with Crippen molar-refractivity contribution in [2.75, 3.05) is 26.4 Å². The lowest BCUT2D eigenvalue weighted by atomic mass is 9.82. The van der Waals surface area contributed by atoms with Gasteiger partial charge in [0.05, 0.1) is 47.8 Å². The second-order valence-corrected chi connectivity index (χ2v) is 22.5. The molecule has 1 fully saturated rings. The van der Waals surface area contributed by atoms with Crippen LogP contribution in [-0.2, 0) is 50.7 Å². The molecule has 0 amide bonds. The van der Waals surface area contributed by atoms with Crippen LogP contribution in [0.5, 0.6) is 11.5 Å². The van der Waals surface area contributed by atoms with Gasteiger partial charge in [0.15, 0.2) is 11.1 Å². The van der Waals surface area contributed by atoms with Gasteiger partial charge in [-0.15, -0.1) is 0 Å². The highest BCUT2D eigenvalue weighted by Gasteiger charge is 2.63. The highest BCUT2D eigenvalue weighted by molar-refractivity contribution is 6.62. The highest BCUT2D eigenvalue weighted by Crippen LogP contribution is 2.59. The number of esters is 2. The quantitative estimate of drug-likeness (QED) is 0.0455. The molecule has 3 heterocycles. The van der Waals surface area contributed by atoms with Crippen LogP contribution in [0.25, 0.3) is 33.4 Å². The standard InChI is InChI=1S/C26H27F3N2O5.C17H14ClF3O3.C15H25BN2O4/c1-5-35-23(33)24(3,4)31-13-16(12-30-31)19-10-17(36-14-15(2)32)11-21-22(19)18-8-6-7-9-20(18)25(21,34)26(27,28)29;1-9(22)8-24-10-6-13-15(14(18)7-10)11-4-2-3-5-12(11)16(13,23)17(19,20)21;1-8-20-12(19)13(2,3)18-10-11(9-17-18)16-21-14(4,5)15(6,7)22-16/h6-13,15,32,34H,5,14H2,1-4H3;2-7,9,22-23H,8H2,1H3;9-10H,8H2,1-7H3/t15-,25+;9-,16+;/m00./s1. The number of nitrogens with zero attached hydrogens (tertiary/aromatic N) is 4. The molecule has 2 aromatic heterocycles. The van der Waals surface area contributed by atoms with Crippen molar-refractivity contribution < 1.29 is 84.6 Å². The van der Waals surface area contributed by atoms with Crippen LogP contribution >= 0.6 is 11.6 Å². The number of ether oxygens (including phenoxy) is 4. The number of hydrogen-bond acceptors (Lipinski definition) is 14. The lowest BCUT2D eigenvalue weighted by Gasteiger charge is -2.32. The van der Waals surface area contributed by atoms with Crippen molar-refractivity contribution in [2.24, 2.45) is 0 Å². The van der Waals surface area contributed by atoms with Gasteiger partial charge in [-0.3, -0.25) is 9.36 Å². The average Bonchev–Trinajstić information content (AvgIpc) is 4.44. The Morgan fingerprint density at radius 2 is 1.05 bits per heavy atom. The van der Waals surface area contributed by atoms with E-state index in [1.807, 2.05) is 27.7 Å². The Kier molecular flexibility index (Phi) is 17.7. The van der Waals surface area contributed by atoms with Crippen LogP contribution in [0.1, 0.15) is 105 Å². The first-order valence-corrected chi connectivity index (χ1v) is 26.6. The van der Waals surface area contributed by atoms with Crippen LogP contribution in [0.4, 0.5) is 26.3 Å². The second kappa shape index (κ2) is 22.9. The molecule has 9 rings (SSSR count). The molecule has 442 valence electrons. The van der Waals surface area contributed by atoms with Gasteiger partial charge in [-0.05, 0) is 130 Å². The summed E-state index contributed by atoms with van der Waals surface area (Å²) in [6.45, 7) is 21.5. The summed E-state index contributed by atoms with van der Waals surface area (Å²) in [7, 11) is -0.489. The Hall–Kier alpha value is -6.47. The summed E-state index contributed by atoms with van der Waals surface area (Å²) in [6.07, 6.45) is -5.20. The van der Waals surface area contributed by atoms with Gasteiger partial charge in [-0.2, -0.15) is 36.5 Å². The number of aliphatic hydroxyl groups is 4. The number of carbonyl (C=O) groups excluding carboxylic acids is 2. The third kappa shape index (κ3) is 11.6. The Morgan fingerprint density at radius 3 is 1.50 bits per heavy atom. The van der Waals surface area contributed by atoms with Crippen LogP contribution in [0.3, 0.4) is 0 Å². The van der Waals surface area contributed by atoms with Gasteiger partial charge >= 0.3 is 31.4 Å². The lowest BCUT2D eigenvalue weighted by molar-refractivity contribution is -0.247. The second-order valence-electron chi connectivity index (χ2n) is 22.1. The van der Waals surface area contributed by atoms with Gasteiger partial charge < -0.3 is 48.7 Å². The fraction of sp³-hybridized carbons (Fsp3) is 0.448. The first-order chi connectivity index (χ1) is 38.0. The van der Waals surface area contributed by atoms with Gasteiger partial charge in [0.25, 0.3) is 0 Å². The molecular weight excluding hydrogens is 1100 g/mol. The number of benzene rings is 4. The molecule has 4 aromatic carbocycles. The molecule has 2 aliphatic carbocycles. The van der Waals surface area contributed by atoms with Crippen molar-refractivity contribution in [1.29, 1.82) is 0 Å². The molecule has 0 unspecified atom stereocenters. The highest BCUT2D eigenvalue weighted by atomic mass is 35.5. The number of aliphatic hydroxyl groups excluding tert-OH is 2. The van der Waals surface area contributed by atoms with Crippen molar-refractivity contribution in [3.8, 4) is 44.9 Å². The molecule has 3 aliphatic rings. The number of fused-ring (bicyclic) bond motifs is 6. The van der Waals surface area contributed by atoms with Gasteiger partial charge in [0.1, 0.15) is 24.7 Å². The van der Waals surface area contributed by atoms with Gasteiger partial charge in [-0.25, -0.2) is 9.59 Å². The van der Waals surface area contributed by atoms with E-state index in [4.69, 9.17) is 39.9 Å². The number of hydrogen-bond donors (Lipinski definition) is 4. The molecule has 82 heavy (non-hydrogen) atoms. The number of halogens is 7. The van der Waals surface area contributed by atoms with E-state index in [9.17, 15) is 56.4 Å².